The average Bonchev–Trinajstić information content (AvgIpc) is 2.59. The number of benzene rings is 2. The molecule has 0 saturated heterocycles. The van der Waals surface area contributed by atoms with Gasteiger partial charge in [0.15, 0.2) is 5.60 Å². The van der Waals surface area contributed by atoms with Gasteiger partial charge < -0.3 is 9.84 Å². The number of sulfonamides is 1. The molecule has 0 saturated carbocycles. The Kier molecular flexibility index (Phi) is 5.64. The number of aliphatic hydroxyl groups is 1. The minimum Gasteiger partial charge on any atom is -0.496 e. The summed E-state index contributed by atoms with van der Waals surface area (Å²) in [5.41, 5.74) is -3.31. The van der Waals surface area contributed by atoms with Crippen LogP contribution in [0.2, 0.25) is 0 Å². The number of nitrogens with one attached hydrogen (secondary N) is 1. The van der Waals surface area contributed by atoms with Crippen molar-refractivity contribution in [2.75, 3.05) is 13.7 Å². The Hall–Kier alpha value is -2.10. The van der Waals surface area contributed by atoms with Gasteiger partial charge in [-0.05, 0) is 36.2 Å². The normalized spacial score (nSPS) is 14.7. The zero-order valence-electron chi connectivity index (χ0n) is 14.0. The van der Waals surface area contributed by atoms with Gasteiger partial charge in [0.1, 0.15) is 5.75 Å². The van der Waals surface area contributed by atoms with Crippen molar-refractivity contribution in [3.05, 3.63) is 59.7 Å². The van der Waals surface area contributed by atoms with Crippen molar-refractivity contribution < 1.29 is 31.4 Å². The molecule has 0 radical (unpaired) electrons. The number of hydrogen-bond donors (Lipinski definition) is 2. The van der Waals surface area contributed by atoms with Gasteiger partial charge in [-0.25, -0.2) is 13.1 Å². The van der Waals surface area contributed by atoms with Crippen molar-refractivity contribution >= 4 is 10.0 Å². The molecule has 0 aromatic heterocycles. The predicted molar refractivity (Wildman–Crippen MR) is 89.3 cm³/mol. The van der Waals surface area contributed by atoms with Crippen LogP contribution in [0.5, 0.6) is 5.75 Å². The van der Waals surface area contributed by atoms with Crippen molar-refractivity contribution in [1.29, 1.82) is 0 Å². The highest BCUT2D eigenvalue weighted by molar-refractivity contribution is 7.89. The number of halogens is 3. The van der Waals surface area contributed by atoms with E-state index >= 15 is 0 Å². The minimum atomic E-state index is -5.08. The lowest BCUT2D eigenvalue weighted by Crippen LogP contribution is -2.51. The third-order valence-electron chi connectivity index (χ3n) is 3.91. The van der Waals surface area contributed by atoms with E-state index in [0.29, 0.717) is 11.3 Å². The maximum atomic E-state index is 13.4. The predicted octanol–water partition coefficient (Wildman–Crippen LogP) is 2.73. The van der Waals surface area contributed by atoms with E-state index in [1.165, 1.54) is 43.5 Å². The van der Waals surface area contributed by atoms with Crippen LogP contribution < -0.4 is 9.46 Å². The molecule has 2 rings (SSSR count). The van der Waals surface area contributed by atoms with Crippen LogP contribution in [-0.4, -0.2) is 33.4 Å². The highest BCUT2D eigenvalue weighted by Gasteiger charge is 2.55. The quantitative estimate of drug-likeness (QED) is 0.797. The molecule has 142 valence electrons. The molecule has 26 heavy (non-hydrogen) atoms. The number of ether oxygens (including phenoxy) is 1. The van der Waals surface area contributed by atoms with Gasteiger partial charge in [-0.2, -0.15) is 13.2 Å². The highest BCUT2D eigenvalue weighted by Crippen LogP contribution is 2.38. The summed E-state index contributed by atoms with van der Waals surface area (Å²) >= 11 is 0. The van der Waals surface area contributed by atoms with E-state index < -0.39 is 33.9 Å². The first kappa shape index (κ1) is 20.2. The molecule has 2 aromatic rings. The molecule has 0 unspecified atom stereocenters. The summed E-state index contributed by atoms with van der Waals surface area (Å²) in [5.74, 6) is 0.444. The van der Waals surface area contributed by atoms with Crippen LogP contribution in [0.3, 0.4) is 0 Å². The van der Waals surface area contributed by atoms with E-state index in [9.17, 15) is 26.7 Å². The second kappa shape index (κ2) is 7.26. The molecule has 0 fully saturated rings. The van der Waals surface area contributed by atoms with Gasteiger partial charge in [-0.1, -0.05) is 30.3 Å². The SMILES string of the molecule is COc1ccc(S(=O)(=O)NC[C@@](O)(c2ccccc2)C(F)(F)F)cc1C. The Labute approximate surface area is 149 Å². The molecule has 5 nitrogen and oxygen atoms in total. The molecular weight excluding hydrogens is 371 g/mol. The molecule has 0 spiro atoms. The monoisotopic (exact) mass is 389 g/mol. The molecule has 0 amide bonds. The molecule has 0 bridgehead atoms. The number of hydrogen-bond acceptors (Lipinski definition) is 4. The molecular formula is C17H18F3NO4S. The standard InChI is InChI=1S/C17H18F3NO4S/c1-12-10-14(8-9-15(12)25-2)26(23,24)21-11-16(22,17(18,19)20)13-6-4-3-5-7-13/h3-10,21-22H,11H2,1-2H3/t16-/m1/s1. The lowest BCUT2D eigenvalue weighted by atomic mass is 9.93. The lowest BCUT2D eigenvalue weighted by Gasteiger charge is -2.31. The first-order valence-electron chi connectivity index (χ1n) is 7.50. The van der Waals surface area contributed by atoms with Crippen molar-refractivity contribution in [2.45, 2.75) is 23.6 Å². The van der Waals surface area contributed by atoms with Crippen molar-refractivity contribution in [1.82, 2.24) is 4.72 Å². The van der Waals surface area contributed by atoms with Gasteiger partial charge in [-0.3, -0.25) is 0 Å². The molecule has 2 aromatic carbocycles. The van der Waals surface area contributed by atoms with Crippen molar-refractivity contribution in [2.24, 2.45) is 0 Å². The summed E-state index contributed by atoms with van der Waals surface area (Å²) in [6.45, 7) is 0.349. The van der Waals surface area contributed by atoms with Crippen LogP contribution in [0.1, 0.15) is 11.1 Å². The summed E-state index contributed by atoms with van der Waals surface area (Å²) in [4.78, 5) is -0.228. The Morgan fingerprint density at radius 2 is 1.73 bits per heavy atom. The van der Waals surface area contributed by atoms with Gasteiger partial charge in [0.05, 0.1) is 18.6 Å². The fraction of sp³-hybridized carbons (Fsp3) is 0.294. The Morgan fingerprint density at radius 1 is 1.12 bits per heavy atom. The zero-order valence-corrected chi connectivity index (χ0v) is 14.9. The highest BCUT2D eigenvalue weighted by atomic mass is 32.2. The number of alkyl halides is 3. The Morgan fingerprint density at radius 3 is 2.23 bits per heavy atom. The number of methoxy groups -OCH3 is 1. The van der Waals surface area contributed by atoms with Crippen LogP contribution >= 0.6 is 0 Å². The summed E-state index contributed by atoms with van der Waals surface area (Å²) in [6.07, 6.45) is -5.08. The second-order valence-electron chi connectivity index (χ2n) is 5.68. The number of rotatable bonds is 6. The summed E-state index contributed by atoms with van der Waals surface area (Å²) in [7, 11) is -2.86. The summed E-state index contributed by atoms with van der Waals surface area (Å²) < 4.78 is 71.9. The van der Waals surface area contributed by atoms with Crippen LogP contribution in [0, 0.1) is 6.92 Å². The molecule has 9 heteroatoms. The molecule has 0 aliphatic heterocycles. The largest absolute Gasteiger partial charge is 0.496 e. The average molecular weight is 389 g/mol. The molecule has 0 aliphatic rings. The Balaban J connectivity index is 2.32. The number of aryl methyl sites for hydroxylation is 1. The Bertz CT molecular complexity index is 869. The summed E-state index contributed by atoms with van der Waals surface area (Å²) in [5, 5.41) is 10.2. The van der Waals surface area contributed by atoms with E-state index in [2.05, 4.69) is 0 Å². The fourth-order valence-electron chi connectivity index (χ4n) is 2.38. The van der Waals surface area contributed by atoms with E-state index in [1.54, 1.807) is 6.92 Å². The van der Waals surface area contributed by atoms with Crippen molar-refractivity contribution in [3.63, 3.8) is 0 Å². The van der Waals surface area contributed by atoms with Crippen LogP contribution in [0.15, 0.2) is 53.4 Å². The van der Waals surface area contributed by atoms with E-state index in [4.69, 9.17) is 4.74 Å². The minimum absolute atomic E-state index is 0.228. The molecule has 0 heterocycles. The zero-order chi connectivity index (χ0) is 19.6. The maximum absolute atomic E-state index is 13.4. The first-order valence-corrected chi connectivity index (χ1v) is 8.98. The topological polar surface area (TPSA) is 75.6 Å². The lowest BCUT2D eigenvalue weighted by molar-refractivity contribution is -0.263. The third kappa shape index (κ3) is 4.00. The van der Waals surface area contributed by atoms with Gasteiger partial charge in [0, 0.05) is 0 Å². The van der Waals surface area contributed by atoms with Gasteiger partial charge in [-0.15, -0.1) is 0 Å². The van der Waals surface area contributed by atoms with E-state index in [-0.39, 0.29) is 4.90 Å². The van der Waals surface area contributed by atoms with Gasteiger partial charge >= 0.3 is 6.18 Å². The summed E-state index contributed by atoms with van der Waals surface area (Å²) in [6, 6.07) is 10.2. The van der Waals surface area contributed by atoms with E-state index in [1.807, 2.05) is 4.72 Å². The van der Waals surface area contributed by atoms with Crippen LogP contribution in [0.25, 0.3) is 0 Å². The first-order chi connectivity index (χ1) is 12.0. The van der Waals surface area contributed by atoms with Crippen molar-refractivity contribution in [3.8, 4) is 5.75 Å². The van der Waals surface area contributed by atoms with E-state index in [0.717, 1.165) is 12.1 Å². The smallest absolute Gasteiger partial charge is 0.422 e. The maximum Gasteiger partial charge on any atom is 0.422 e. The fourth-order valence-corrected chi connectivity index (χ4v) is 3.53. The third-order valence-corrected chi connectivity index (χ3v) is 5.31. The van der Waals surface area contributed by atoms with Crippen LogP contribution in [-0.2, 0) is 15.6 Å². The van der Waals surface area contributed by atoms with Gasteiger partial charge in [0.25, 0.3) is 0 Å². The molecule has 2 N–H and O–H groups in total. The van der Waals surface area contributed by atoms with Gasteiger partial charge in [0.2, 0.25) is 10.0 Å². The second-order valence-corrected chi connectivity index (χ2v) is 7.45. The van der Waals surface area contributed by atoms with Crippen LogP contribution in [0.4, 0.5) is 13.2 Å². The molecule has 1 atom stereocenters. The molecule has 0 aliphatic carbocycles.